The minimum atomic E-state index is -1.00. The largest absolute Gasteiger partial charge is 0.473 e. The zero-order valence-electron chi connectivity index (χ0n) is 22.8. The average Bonchev–Trinajstić information content (AvgIpc) is 3.32. The zero-order chi connectivity index (χ0) is 28.9. The average molecular weight is 560 g/mol. The van der Waals surface area contributed by atoms with Gasteiger partial charge in [-0.3, -0.25) is 0 Å². The van der Waals surface area contributed by atoms with Crippen LogP contribution in [0.2, 0.25) is 0 Å². The number of pyridine rings is 1. The summed E-state index contributed by atoms with van der Waals surface area (Å²) in [7, 11) is 1.60. The molecule has 41 heavy (non-hydrogen) atoms. The maximum absolute atomic E-state index is 15.4. The normalized spacial score (nSPS) is 12.1. The van der Waals surface area contributed by atoms with Crippen LogP contribution in [0.1, 0.15) is 34.2 Å². The monoisotopic (exact) mass is 559 g/mol. The lowest BCUT2D eigenvalue weighted by atomic mass is 10.1. The molecular weight excluding hydrogens is 528 g/mol. The minimum absolute atomic E-state index is 0.0282. The number of halogens is 2. The minimum Gasteiger partial charge on any atom is -0.473 e. The maximum atomic E-state index is 15.4. The van der Waals surface area contributed by atoms with E-state index in [0.29, 0.717) is 58.3 Å². The highest BCUT2D eigenvalue weighted by atomic mass is 19.1. The summed E-state index contributed by atoms with van der Waals surface area (Å²) in [5.74, 6) is 0.220. The van der Waals surface area contributed by atoms with Gasteiger partial charge in [-0.15, -0.1) is 0 Å². The standard InChI is InChI=1S/C32H31F2N3O4/c1-20-6-7-24(25(33)14-20)19-41-32-5-3-4-27(36-32)22-9-8-21(26(34)15-22)17-31-35-28-11-10-23(30(39)18-38)16-29(28)37(31)12-13-40-2/h3-11,14-16,30,38-39H,12-13,17-19H2,1-2H3. The highest BCUT2D eigenvalue weighted by molar-refractivity contribution is 5.77. The van der Waals surface area contributed by atoms with Crippen LogP contribution in [0.4, 0.5) is 8.78 Å². The molecule has 0 aliphatic rings. The molecule has 9 heteroatoms. The second-order valence-corrected chi connectivity index (χ2v) is 9.85. The van der Waals surface area contributed by atoms with Crippen molar-refractivity contribution in [2.45, 2.75) is 32.6 Å². The molecule has 0 spiro atoms. The Morgan fingerprint density at radius 2 is 1.73 bits per heavy atom. The van der Waals surface area contributed by atoms with E-state index in [4.69, 9.17) is 14.5 Å². The van der Waals surface area contributed by atoms with Gasteiger partial charge in [0, 0.05) is 37.3 Å². The third-order valence-electron chi connectivity index (χ3n) is 6.93. The van der Waals surface area contributed by atoms with Gasteiger partial charge in [0.05, 0.1) is 29.9 Å². The number of rotatable bonds is 11. The van der Waals surface area contributed by atoms with Crippen LogP contribution in [0.3, 0.4) is 0 Å². The van der Waals surface area contributed by atoms with Gasteiger partial charge in [-0.05, 0) is 53.9 Å². The molecule has 0 aliphatic carbocycles. The Kier molecular flexibility index (Phi) is 8.68. The van der Waals surface area contributed by atoms with E-state index in [9.17, 15) is 14.6 Å². The molecule has 0 fully saturated rings. The third-order valence-corrected chi connectivity index (χ3v) is 6.93. The molecule has 1 atom stereocenters. The molecule has 2 heterocycles. The predicted molar refractivity (Wildman–Crippen MR) is 152 cm³/mol. The Hall–Kier alpha value is -4.18. The Bertz CT molecular complexity index is 1670. The van der Waals surface area contributed by atoms with Crippen LogP contribution >= 0.6 is 0 Å². The van der Waals surface area contributed by atoms with Crippen LogP contribution in [0, 0.1) is 18.6 Å². The van der Waals surface area contributed by atoms with Crippen molar-refractivity contribution in [2.75, 3.05) is 20.3 Å². The molecular formula is C32H31F2N3O4. The van der Waals surface area contributed by atoms with Crippen LogP contribution < -0.4 is 4.74 Å². The SMILES string of the molecule is COCCn1c(Cc2ccc(-c3cccc(OCc4ccc(C)cc4F)n3)cc2F)nc2ccc(C(O)CO)cc21. The fourth-order valence-electron chi connectivity index (χ4n) is 4.67. The number of ether oxygens (including phenoxy) is 2. The lowest BCUT2D eigenvalue weighted by Gasteiger charge is -2.12. The number of methoxy groups -OCH3 is 1. The van der Waals surface area contributed by atoms with Crippen molar-refractivity contribution in [3.8, 4) is 17.1 Å². The number of benzene rings is 3. The molecule has 0 aliphatic heterocycles. The number of aryl methyl sites for hydroxylation is 1. The predicted octanol–water partition coefficient (Wildman–Crippen LogP) is 5.53. The molecule has 1 unspecified atom stereocenters. The first-order valence-corrected chi connectivity index (χ1v) is 13.3. The summed E-state index contributed by atoms with van der Waals surface area (Å²) < 4.78 is 42.5. The molecule has 0 radical (unpaired) electrons. The lowest BCUT2D eigenvalue weighted by Crippen LogP contribution is -2.10. The Balaban J connectivity index is 1.37. The topological polar surface area (TPSA) is 89.6 Å². The number of aromatic nitrogens is 3. The van der Waals surface area contributed by atoms with Gasteiger partial charge in [-0.2, -0.15) is 0 Å². The zero-order valence-corrected chi connectivity index (χ0v) is 22.8. The third kappa shape index (κ3) is 6.43. The van der Waals surface area contributed by atoms with Crippen molar-refractivity contribution in [1.82, 2.24) is 14.5 Å². The summed E-state index contributed by atoms with van der Waals surface area (Å²) >= 11 is 0. The molecule has 5 aromatic rings. The number of hydrogen-bond donors (Lipinski definition) is 2. The molecule has 2 aromatic heterocycles. The summed E-state index contributed by atoms with van der Waals surface area (Å²) in [6.07, 6.45) is -0.763. The first-order chi connectivity index (χ1) is 19.9. The summed E-state index contributed by atoms with van der Waals surface area (Å²) in [6.45, 7) is 2.37. The van der Waals surface area contributed by atoms with Crippen molar-refractivity contribution in [3.63, 3.8) is 0 Å². The highest BCUT2D eigenvalue weighted by Crippen LogP contribution is 2.27. The van der Waals surface area contributed by atoms with Crippen LogP contribution in [0.5, 0.6) is 5.88 Å². The lowest BCUT2D eigenvalue weighted by molar-refractivity contribution is 0.0957. The van der Waals surface area contributed by atoms with E-state index in [2.05, 4.69) is 4.98 Å². The molecule has 3 aromatic carbocycles. The molecule has 212 valence electrons. The number of imidazole rings is 1. The van der Waals surface area contributed by atoms with Gasteiger partial charge in [0.15, 0.2) is 0 Å². The summed E-state index contributed by atoms with van der Waals surface area (Å²) in [6, 6.07) is 20.4. The molecule has 0 bridgehead atoms. The molecule has 7 nitrogen and oxygen atoms in total. The van der Waals surface area contributed by atoms with Crippen molar-refractivity contribution in [2.24, 2.45) is 0 Å². The van der Waals surface area contributed by atoms with E-state index >= 15 is 4.39 Å². The smallest absolute Gasteiger partial charge is 0.214 e. The molecule has 5 rings (SSSR count). The van der Waals surface area contributed by atoms with Gasteiger partial charge in [0.1, 0.15) is 30.2 Å². The number of nitrogens with zero attached hydrogens (tertiary/aromatic N) is 3. The van der Waals surface area contributed by atoms with Gasteiger partial charge in [-0.1, -0.05) is 36.4 Å². The quantitative estimate of drug-likeness (QED) is 0.221. The summed E-state index contributed by atoms with van der Waals surface area (Å²) in [5.41, 5.74) is 4.86. The van der Waals surface area contributed by atoms with Gasteiger partial charge >= 0.3 is 0 Å². The molecule has 0 amide bonds. The van der Waals surface area contributed by atoms with Gasteiger partial charge < -0.3 is 24.3 Å². The van der Waals surface area contributed by atoms with E-state index in [0.717, 1.165) is 11.1 Å². The van der Waals surface area contributed by atoms with Crippen LogP contribution in [0.15, 0.2) is 72.8 Å². The maximum Gasteiger partial charge on any atom is 0.214 e. The number of aliphatic hydroxyl groups is 2. The second-order valence-electron chi connectivity index (χ2n) is 9.85. The Morgan fingerprint density at radius 1 is 0.927 bits per heavy atom. The van der Waals surface area contributed by atoms with Crippen LogP contribution in [-0.4, -0.2) is 45.1 Å². The van der Waals surface area contributed by atoms with E-state index < -0.39 is 18.5 Å². The molecule has 0 saturated carbocycles. The number of aliphatic hydroxyl groups excluding tert-OH is 2. The van der Waals surface area contributed by atoms with Gasteiger partial charge in [-0.25, -0.2) is 18.7 Å². The van der Waals surface area contributed by atoms with Gasteiger partial charge in [0.2, 0.25) is 5.88 Å². The van der Waals surface area contributed by atoms with E-state index in [1.165, 1.54) is 12.1 Å². The van der Waals surface area contributed by atoms with Crippen molar-refractivity contribution < 1.29 is 28.5 Å². The summed E-state index contributed by atoms with van der Waals surface area (Å²) in [4.78, 5) is 9.20. The molecule has 0 saturated heterocycles. The van der Waals surface area contributed by atoms with Gasteiger partial charge in [0.25, 0.3) is 0 Å². The second kappa shape index (κ2) is 12.6. The van der Waals surface area contributed by atoms with E-state index in [1.54, 1.807) is 61.7 Å². The highest BCUT2D eigenvalue weighted by Gasteiger charge is 2.17. The van der Waals surface area contributed by atoms with Crippen LogP contribution in [0.25, 0.3) is 22.3 Å². The number of hydrogen-bond acceptors (Lipinski definition) is 6. The summed E-state index contributed by atoms with van der Waals surface area (Å²) in [5, 5.41) is 19.4. The van der Waals surface area contributed by atoms with E-state index in [1.807, 2.05) is 17.6 Å². The fourth-order valence-corrected chi connectivity index (χ4v) is 4.67. The Morgan fingerprint density at radius 3 is 2.49 bits per heavy atom. The van der Waals surface area contributed by atoms with Crippen molar-refractivity contribution >= 4 is 11.0 Å². The van der Waals surface area contributed by atoms with Crippen molar-refractivity contribution in [3.05, 3.63) is 113 Å². The van der Waals surface area contributed by atoms with E-state index in [-0.39, 0.29) is 18.8 Å². The first-order valence-electron chi connectivity index (χ1n) is 13.3. The first kappa shape index (κ1) is 28.4. The number of fused-ring (bicyclic) bond motifs is 1. The Labute approximate surface area is 236 Å². The fraction of sp³-hybridized carbons (Fsp3) is 0.250. The van der Waals surface area contributed by atoms with Crippen LogP contribution in [-0.2, 0) is 24.3 Å². The van der Waals surface area contributed by atoms with Crippen molar-refractivity contribution in [1.29, 1.82) is 0 Å². The molecule has 2 N–H and O–H groups in total.